The molecule has 0 unspecified atom stereocenters. The smallest absolute Gasteiger partial charge is 0.434 e. The molecule has 0 aliphatic carbocycles. The van der Waals surface area contributed by atoms with Crippen LogP contribution in [0.4, 0.5) is 4.79 Å². The first-order valence-corrected chi connectivity index (χ1v) is 6.55. The fourth-order valence-corrected chi connectivity index (χ4v) is 1.24. The van der Waals surface area contributed by atoms with E-state index in [9.17, 15) is 4.79 Å². The Hall–Kier alpha value is 0.430. The molecule has 0 aromatic carbocycles. The van der Waals surface area contributed by atoms with Gasteiger partial charge in [0.25, 0.3) is 0 Å². The van der Waals surface area contributed by atoms with Crippen LogP contribution in [0.5, 0.6) is 0 Å². The van der Waals surface area contributed by atoms with E-state index in [1.54, 1.807) is 0 Å². The first-order chi connectivity index (χ1) is 7.45. The van der Waals surface area contributed by atoms with E-state index in [4.69, 9.17) is 51.1 Å². The monoisotopic (exact) mass is 310 g/mol. The van der Waals surface area contributed by atoms with Gasteiger partial charge in [-0.3, -0.25) is 0 Å². The number of hydrogen-bond donors (Lipinski definition) is 0. The van der Waals surface area contributed by atoms with E-state index < -0.39 is 9.95 Å². The van der Waals surface area contributed by atoms with Crippen LogP contribution in [-0.2, 0) is 9.47 Å². The summed E-state index contributed by atoms with van der Waals surface area (Å²) in [7, 11) is 0. The minimum absolute atomic E-state index is 0.307. The van der Waals surface area contributed by atoms with E-state index in [-0.39, 0.29) is 6.61 Å². The molecule has 0 saturated carbocycles. The van der Waals surface area contributed by atoms with Crippen molar-refractivity contribution in [1.82, 2.24) is 0 Å². The van der Waals surface area contributed by atoms with Crippen LogP contribution in [-0.4, -0.2) is 29.0 Å². The molecule has 0 aliphatic rings. The Morgan fingerprint density at radius 1 is 1.00 bits per heavy atom. The van der Waals surface area contributed by atoms with Gasteiger partial charge in [0.15, 0.2) is 0 Å². The Balaban J connectivity index is 3.31. The van der Waals surface area contributed by atoms with Crippen LogP contribution in [0.15, 0.2) is 0 Å². The van der Waals surface area contributed by atoms with Gasteiger partial charge in [0.2, 0.25) is 3.79 Å². The van der Waals surface area contributed by atoms with Gasteiger partial charge >= 0.3 is 6.16 Å². The lowest BCUT2D eigenvalue weighted by Crippen LogP contribution is -2.18. The molecular formula is C9H14Cl4O3. The van der Waals surface area contributed by atoms with Crippen molar-refractivity contribution in [2.45, 2.75) is 29.5 Å². The number of halogens is 4. The van der Waals surface area contributed by atoms with Crippen LogP contribution >= 0.6 is 46.4 Å². The Morgan fingerprint density at radius 3 is 2.19 bits per heavy atom. The van der Waals surface area contributed by atoms with E-state index in [0.29, 0.717) is 12.5 Å². The summed E-state index contributed by atoms with van der Waals surface area (Å²) in [4.78, 5) is 10.9. The molecule has 0 radical (unpaired) electrons. The summed E-state index contributed by atoms with van der Waals surface area (Å²) in [6.07, 6.45) is 2.92. The molecule has 0 aliphatic heterocycles. The second-order valence-electron chi connectivity index (χ2n) is 3.11. The predicted octanol–water partition coefficient (Wildman–Crippen LogP) is 4.31. The molecule has 0 aromatic heterocycles. The fourth-order valence-electron chi connectivity index (χ4n) is 0.888. The lowest BCUT2D eigenvalue weighted by molar-refractivity contribution is 0.0554. The number of carbonyl (C=O) groups excluding carboxylic acids is 1. The molecule has 0 fully saturated rings. The third-order valence-electron chi connectivity index (χ3n) is 1.60. The van der Waals surface area contributed by atoms with E-state index in [0.717, 1.165) is 25.7 Å². The zero-order valence-corrected chi connectivity index (χ0v) is 11.7. The van der Waals surface area contributed by atoms with Crippen LogP contribution in [0.2, 0.25) is 0 Å². The van der Waals surface area contributed by atoms with Gasteiger partial charge in [0.05, 0.1) is 6.61 Å². The van der Waals surface area contributed by atoms with Crippen molar-refractivity contribution < 1.29 is 14.3 Å². The molecule has 0 heterocycles. The number of rotatable bonds is 7. The Kier molecular flexibility index (Phi) is 9.71. The van der Waals surface area contributed by atoms with E-state index in [1.165, 1.54) is 0 Å². The van der Waals surface area contributed by atoms with Gasteiger partial charge in [0.1, 0.15) is 6.61 Å². The second-order valence-corrected chi connectivity index (χ2v) is 6.00. The Bertz CT molecular complexity index is 194. The Morgan fingerprint density at radius 2 is 1.62 bits per heavy atom. The molecule has 0 N–H and O–H groups in total. The highest BCUT2D eigenvalue weighted by Crippen LogP contribution is 2.25. The maximum Gasteiger partial charge on any atom is 0.508 e. The van der Waals surface area contributed by atoms with Crippen LogP contribution in [0.3, 0.4) is 0 Å². The molecule has 7 heteroatoms. The summed E-state index contributed by atoms with van der Waals surface area (Å²) in [5.74, 6) is 0.659. The number of hydrogen-bond acceptors (Lipinski definition) is 3. The molecule has 3 nitrogen and oxygen atoms in total. The fraction of sp³-hybridized carbons (Fsp3) is 0.889. The topological polar surface area (TPSA) is 35.5 Å². The number of alkyl halides is 4. The Labute approximate surface area is 115 Å². The molecule has 0 bridgehead atoms. The molecule has 0 saturated heterocycles. The van der Waals surface area contributed by atoms with E-state index in [2.05, 4.69) is 4.74 Å². The highest BCUT2D eigenvalue weighted by molar-refractivity contribution is 6.67. The SMILES string of the molecule is O=C(OCCCCCCCl)OCC(Cl)(Cl)Cl. The minimum atomic E-state index is -1.60. The highest BCUT2D eigenvalue weighted by atomic mass is 35.6. The summed E-state index contributed by atoms with van der Waals surface area (Å²) >= 11 is 21.6. The van der Waals surface area contributed by atoms with Crippen molar-refractivity contribution in [3.05, 3.63) is 0 Å². The van der Waals surface area contributed by atoms with E-state index in [1.807, 2.05) is 0 Å². The molecule has 16 heavy (non-hydrogen) atoms. The van der Waals surface area contributed by atoms with Gasteiger partial charge in [-0.25, -0.2) is 4.79 Å². The first kappa shape index (κ1) is 16.4. The van der Waals surface area contributed by atoms with Crippen molar-refractivity contribution in [1.29, 1.82) is 0 Å². The zero-order valence-electron chi connectivity index (χ0n) is 8.69. The first-order valence-electron chi connectivity index (χ1n) is 4.88. The van der Waals surface area contributed by atoms with Gasteiger partial charge in [0, 0.05) is 5.88 Å². The van der Waals surface area contributed by atoms with Crippen molar-refractivity contribution in [2.75, 3.05) is 19.1 Å². The van der Waals surface area contributed by atoms with Gasteiger partial charge in [-0.15, -0.1) is 11.6 Å². The van der Waals surface area contributed by atoms with Crippen LogP contribution < -0.4 is 0 Å². The summed E-state index contributed by atoms with van der Waals surface area (Å²) in [6.45, 7) is -0.0102. The van der Waals surface area contributed by atoms with Gasteiger partial charge in [-0.2, -0.15) is 0 Å². The lowest BCUT2D eigenvalue weighted by atomic mass is 10.2. The third-order valence-corrected chi connectivity index (χ3v) is 2.20. The maximum absolute atomic E-state index is 10.9. The molecule has 96 valence electrons. The molecule has 0 amide bonds. The predicted molar refractivity (Wildman–Crippen MR) is 66.8 cm³/mol. The van der Waals surface area contributed by atoms with Gasteiger partial charge < -0.3 is 9.47 Å². The van der Waals surface area contributed by atoms with Gasteiger partial charge in [-0.1, -0.05) is 47.6 Å². The molecule has 0 rings (SSSR count). The van der Waals surface area contributed by atoms with Gasteiger partial charge in [-0.05, 0) is 12.8 Å². The minimum Gasteiger partial charge on any atom is -0.434 e. The second kappa shape index (κ2) is 9.46. The number of unbranched alkanes of at least 4 members (excludes halogenated alkanes) is 3. The standard InChI is InChI=1S/C9H14Cl4O3/c10-5-3-1-2-4-6-15-8(14)16-7-9(11,12)13/h1-7H2. The van der Waals surface area contributed by atoms with E-state index >= 15 is 0 Å². The summed E-state index contributed by atoms with van der Waals surface area (Å²) in [5, 5.41) is 0. The van der Waals surface area contributed by atoms with Crippen molar-refractivity contribution >= 4 is 52.6 Å². The highest BCUT2D eigenvalue weighted by Gasteiger charge is 2.22. The van der Waals surface area contributed by atoms with Crippen LogP contribution in [0, 0.1) is 0 Å². The maximum atomic E-state index is 10.9. The third kappa shape index (κ3) is 12.5. The quantitative estimate of drug-likeness (QED) is 0.399. The van der Waals surface area contributed by atoms with Crippen molar-refractivity contribution in [3.63, 3.8) is 0 Å². The lowest BCUT2D eigenvalue weighted by Gasteiger charge is -2.11. The largest absolute Gasteiger partial charge is 0.508 e. The normalized spacial score (nSPS) is 11.2. The molecule has 0 atom stereocenters. The molecule has 0 spiro atoms. The van der Waals surface area contributed by atoms with Crippen LogP contribution in [0.25, 0.3) is 0 Å². The number of carbonyl (C=O) groups is 1. The molecular weight excluding hydrogens is 298 g/mol. The van der Waals surface area contributed by atoms with Crippen molar-refractivity contribution in [2.24, 2.45) is 0 Å². The van der Waals surface area contributed by atoms with Crippen molar-refractivity contribution in [3.8, 4) is 0 Å². The average molecular weight is 312 g/mol. The zero-order chi connectivity index (χ0) is 12.4. The summed E-state index contributed by atoms with van der Waals surface area (Å²) in [5.41, 5.74) is 0. The summed E-state index contributed by atoms with van der Waals surface area (Å²) in [6, 6.07) is 0. The van der Waals surface area contributed by atoms with Crippen LogP contribution in [0.1, 0.15) is 25.7 Å². The summed E-state index contributed by atoms with van der Waals surface area (Å²) < 4.78 is 7.71. The average Bonchev–Trinajstić information content (AvgIpc) is 2.19. The number of ether oxygens (including phenoxy) is 2. The molecule has 0 aromatic rings.